The second kappa shape index (κ2) is 7.76. The SMILES string of the molecule is COc1ccc(Cn2nc(C3CC3)cc2NC(=O)c2cccc(OC)c2)cc1. The van der Waals surface area contributed by atoms with E-state index in [1.54, 1.807) is 32.4 Å². The molecule has 1 aromatic heterocycles. The Bertz CT molecular complexity index is 975. The topological polar surface area (TPSA) is 65.4 Å². The minimum atomic E-state index is -0.183. The minimum absolute atomic E-state index is 0.183. The first-order valence-electron chi connectivity index (χ1n) is 9.32. The molecule has 144 valence electrons. The maximum atomic E-state index is 12.7. The molecule has 6 heteroatoms. The van der Waals surface area contributed by atoms with Gasteiger partial charge in [-0.1, -0.05) is 18.2 Å². The van der Waals surface area contributed by atoms with Crippen LogP contribution >= 0.6 is 0 Å². The molecule has 4 rings (SSSR count). The Hall–Kier alpha value is -3.28. The highest BCUT2D eigenvalue weighted by atomic mass is 16.5. The highest BCUT2D eigenvalue weighted by Crippen LogP contribution is 2.40. The molecule has 0 atom stereocenters. The largest absolute Gasteiger partial charge is 0.497 e. The second-order valence-electron chi connectivity index (χ2n) is 6.92. The molecular formula is C22H23N3O3. The summed E-state index contributed by atoms with van der Waals surface area (Å²) in [6.45, 7) is 0.574. The minimum Gasteiger partial charge on any atom is -0.497 e. The van der Waals surface area contributed by atoms with E-state index in [1.165, 1.54) is 0 Å². The van der Waals surface area contributed by atoms with Gasteiger partial charge >= 0.3 is 0 Å². The molecule has 3 aromatic rings. The molecular weight excluding hydrogens is 354 g/mol. The van der Waals surface area contributed by atoms with Crippen molar-refractivity contribution in [1.82, 2.24) is 9.78 Å². The highest BCUT2D eigenvalue weighted by Gasteiger charge is 2.27. The van der Waals surface area contributed by atoms with E-state index in [9.17, 15) is 4.79 Å². The van der Waals surface area contributed by atoms with Gasteiger partial charge in [0.2, 0.25) is 0 Å². The zero-order chi connectivity index (χ0) is 19.5. The van der Waals surface area contributed by atoms with Crippen molar-refractivity contribution in [2.75, 3.05) is 19.5 Å². The predicted molar refractivity (Wildman–Crippen MR) is 107 cm³/mol. The fourth-order valence-corrected chi connectivity index (χ4v) is 3.09. The molecule has 6 nitrogen and oxygen atoms in total. The number of nitrogens with one attached hydrogen (secondary N) is 1. The summed E-state index contributed by atoms with van der Waals surface area (Å²) in [6.07, 6.45) is 2.31. The summed E-state index contributed by atoms with van der Waals surface area (Å²) in [5.74, 6) is 2.49. The average Bonchev–Trinajstić information content (AvgIpc) is 3.51. The van der Waals surface area contributed by atoms with Gasteiger partial charge in [-0.25, -0.2) is 4.68 Å². The maximum absolute atomic E-state index is 12.7. The molecule has 0 spiro atoms. The molecule has 1 aliphatic carbocycles. The van der Waals surface area contributed by atoms with Gasteiger partial charge in [-0.2, -0.15) is 5.10 Å². The van der Waals surface area contributed by atoms with Crippen molar-refractivity contribution in [3.8, 4) is 11.5 Å². The Morgan fingerprint density at radius 1 is 1.07 bits per heavy atom. The van der Waals surface area contributed by atoms with Gasteiger partial charge in [-0.3, -0.25) is 4.79 Å². The molecule has 1 fully saturated rings. The predicted octanol–water partition coefficient (Wildman–Crippen LogP) is 4.08. The molecule has 0 bridgehead atoms. The summed E-state index contributed by atoms with van der Waals surface area (Å²) in [7, 11) is 3.24. The summed E-state index contributed by atoms with van der Waals surface area (Å²) >= 11 is 0. The molecule has 0 radical (unpaired) electrons. The fraction of sp³-hybridized carbons (Fsp3) is 0.273. The number of nitrogens with zero attached hydrogens (tertiary/aromatic N) is 2. The molecule has 0 unspecified atom stereocenters. The molecule has 2 aromatic carbocycles. The number of aromatic nitrogens is 2. The van der Waals surface area contributed by atoms with Crippen molar-refractivity contribution < 1.29 is 14.3 Å². The van der Waals surface area contributed by atoms with Crippen molar-refractivity contribution in [3.05, 3.63) is 71.4 Å². The van der Waals surface area contributed by atoms with Gasteiger partial charge in [-0.15, -0.1) is 0 Å². The van der Waals surface area contributed by atoms with E-state index in [0.29, 0.717) is 29.6 Å². The van der Waals surface area contributed by atoms with Gasteiger partial charge in [-0.05, 0) is 48.7 Å². The van der Waals surface area contributed by atoms with E-state index >= 15 is 0 Å². The Balaban J connectivity index is 1.57. The number of rotatable bonds is 7. The van der Waals surface area contributed by atoms with Gasteiger partial charge in [0.15, 0.2) is 0 Å². The van der Waals surface area contributed by atoms with E-state index in [1.807, 2.05) is 41.1 Å². The Morgan fingerprint density at radius 3 is 2.50 bits per heavy atom. The van der Waals surface area contributed by atoms with Gasteiger partial charge in [0.1, 0.15) is 17.3 Å². The average molecular weight is 377 g/mol. The van der Waals surface area contributed by atoms with Gasteiger partial charge < -0.3 is 14.8 Å². The Labute approximate surface area is 164 Å². The number of hydrogen-bond donors (Lipinski definition) is 1. The molecule has 1 saturated carbocycles. The third kappa shape index (κ3) is 4.01. The van der Waals surface area contributed by atoms with Gasteiger partial charge in [0.05, 0.1) is 26.5 Å². The summed E-state index contributed by atoms with van der Waals surface area (Å²) in [6, 6.07) is 17.0. The van der Waals surface area contributed by atoms with E-state index < -0.39 is 0 Å². The quantitative estimate of drug-likeness (QED) is 0.674. The van der Waals surface area contributed by atoms with E-state index in [4.69, 9.17) is 14.6 Å². The summed E-state index contributed by atoms with van der Waals surface area (Å²) in [5, 5.41) is 7.74. The molecule has 1 N–H and O–H groups in total. The summed E-state index contributed by atoms with van der Waals surface area (Å²) < 4.78 is 12.3. The standard InChI is InChI=1S/C22H23N3O3/c1-27-18-10-6-15(7-11-18)14-25-21(13-20(24-25)16-8-9-16)23-22(26)17-4-3-5-19(12-17)28-2/h3-7,10-13,16H,8-9,14H2,1-2H3,(H,23,26). The first-order valence-corrected chi connectivity index (χ1v) is 9.32. The van der Waals surface area contributed by atoms with Crippen molar-refractivity contribution in [2.24, 2.45) is 0 Å². The van der Waals surface area contributed by atoms with Crippen LogP contribution in [-0.2, 0) is 6.54 Å². The van der Waals surface area contributed by atoms with Crippen LogP contribution in [0, 0.1) is 0 Å². The van der Waals surface area contributed by atoms with Crippen molar-refractivity contribution >= 4 is 11.7 Å². The molecule has 1 amide bonds. The molecule has 1 heterocycles. The van der Waals surface area contributed by atoms with E-state index in [0.717, 1.165) is 29.8 Å². The maximum Gasteiger partial charge on any atom is 0.256 e. The number of carbonyl (C=O) groups excluding carboxylic acids is 1. The van der Waals surface area contributed by atoms with Gasteiger partial charge in [0, 0.05) is 17.5 Å². The first-order chi connectivity index (χ1) is 13.7. The molecule has 28 heavy (non-hydrogen) atoms. The van der Waals surface area contributed by atoms with Crippen LogP contribution in [0.4, 0.5) is 5.82 Å². The van der Waals surface area contributed by atoms with E-state index in [-0.39, 0.29) is 5.91 Å². The number of benzene rings is 2. The number of hydrogen-bond acceptors (Lipinski definition) is 4. The van der Waals surface area contributed by atoms with Crippen LogP contribution in [0.15, 0.2) is 54.6 Å². The summed E-state index contributed by atoms with van der Waals surface area (Å²) in [4.78, 5) is 12.7. The highest BCUT2D eigenvalue weighted by molar-refractivity contribution is 6.04. The zero-order valence-electron chi connectivity index (χ0n) is 16.0. The number of amides is 1. The molecule has 0 aliphatic heterocycles. The summed E-state index contributed by atoms with van der Waals surface area (Å²) in [5.41, 5.74) is 2.67. The van der Waals surface area contributed by atoms with E-state index in [2.05, 4.69) is 5.32 Å². The van der Waals surface area contributed by atoms with Crippen LogP contribution in [0.3, 0.4) is 0 Å². The van der Waals surface area contributed by atoms with Crippen LogP contribution in [0.1, 0.15) is 40.4 Å². The molecule has 0 saturated heterocycles. The third-order valence-corrected chi connectivity index (χ3v) is 4.86. The lowest BCUT2D eigenvalue weighted by Gasteiger charge is -2.10. The third-order valence-electron chi connectivity index (χ3n) is 4.86. The number of carbonyl (C=O) groups is 1. The Kier molecular flexibility index (Phi) is 5.02. The van der Waals surface area contributed by atoms with Crippen LogP contribution in [0.2, 0.25) is 0 Å². The van der Waals surface area contributed by atoms with Crippen molar-refractivity contribution in [2.45, 2.75) is 25.3 Å². The second-order valence-corrected chi connectivity index (χ2v) is 6.92. The van der Waals surface area contributed by atoms with Crippen LogP contribution in [0.25, 0.3) is 0 Å². The smallest absolute Gasteiger partial charge is 0.256 e. The molecule has 1 aliphatic rings. The van der Waals surface area contributed by atoms with Crippen LogP contribution in [0.5, 0.6) is 11.5 Å². The number of ether oxygens (including phenoxy) is 2. The van der Waals surface area contributed by atoms with Gasteiger partial charge in [0.25, 0.3) is 5.91 Å². The van der Waals surface area contributed by atoms with Crippen LogP contribution in [-0.4, -0.2) is 29.9 Å². The fourth-order valence-electron chi connectivity index (χ4n) is 3.09. The monoisotopic (exact) mass is 377 g/mol. The lowest BCUT2D eigenvalue weighted by atomic mass is 10.2. The number of anilines is 1. The number of methoxy groups -OCH3 is 2. The lowest BCUT2D eigenvalue weighted by Crippen LogP contribution is -2.16. The van der Waals surface area contributed by atoms with Crippen LogP contribution < -0.4 is 14.8 Å². The van der Waals surface area contributed by atoms with Crippen molar-refractivity contribution in [1.29, 1.82) is 0 Å². The zero-order valence-corrected chi connectivity index (χ0v) is 16.0. The lowest BCUT2D eigenvalue weighted by molar-refractivity contribution is 0.102. The van der Waals surface area contributed by atoms with Crippen molar-refractivity contribution in [3.63, 3.8) is 0 Å². The Morgan fingerprint density at radius 2 is 1.82 bits per heavy atom. The normalized spacial score (nSPS) is 13.2. The first kappa shape index (κ1) is 18.1.